The van der Waals surface area contributed by atoms with E-state index in [2.05, 4.69) is 15.4 Å². The van der Waals surface area contributed by atoms with Crippen LogP contribution in [0.3, 0.4) is 0 Å². The van der Waals surface area contributed by atoms with E-state index in [4.69, 9.17) is 4.74 Å². The van der Waals surface area contributed by atoms with Gasteiger partial charge in [-0.2, -0.15) is 13.2 Å². The number of carbonyl (C=O) groups is 1. The molecule has 1 spiro atoms. The second-order valence-corrected chi connectivity index (χ2v) is 11.5. The normalized spacial score (nSPS) is 18.6. The maximum absolute atomic E-state index is 13.0. The van der Waals surface area contributed by atoms with Crippen LogP contribution in [0.15, 0.2) is 30.5 Å². The van der Waals surface area contributed by atoms with E-state index < -0.39 is 17.3 Å². The van der Waals surface area contributed by atoms with Gasteiger partial charge in [0.15, 0.2) is 0 Å². The number of nitrogens with zero attached hydrogens (tertiary/aromatic N) is 4. The summed E-state index contributed by atoms with van der Waals surface area (Å²) >= 11 is 1.38. The second kappa shape index (κ2) is 8.39. The Bertz CT molecular complexity index is 1200. The van der Waals surface area contributed by atoms with Crippen LogP contribution in [0.5, 0.6) is 0 Å². The number of carbonyl (C=O) groups excluding carboxylic acids is 1. The number of benzene rings is 1. The molecule has 35 heavy (non-hydrogen) atoms. The van der Waals surface area contributed by atoms with Gasteiger partial charge in [-0.15, -0.1) is 5.10 Å². The molecule has 0 atom stereocenters. The number of imidazole rings is 1. The highest BCUT2D eigenvalue weighted by Crippen LogP contribution is 2.50. The largest absolute Gasteiger partial charge is 0.444 e. The van der Waals surface area contributed by atoms with Crippen molar-refractivity contribution >= 4 is 27.5 Å². The first-order valence-corrected chi connectivity index (χ1v) is 12.5. The van der Waals surface area contributed by atoms with Gasteiger partial charge in [0.1, 0.15) is 5.60 Å². The molecule has 2 aliphatic rings. The molecule has 2 aromatic heterocycles. The number of fused-ring (bicyclic) bond motifs is 1. The Morgan fingerprint density at radius 2 is 1.91 bits per heavy atom. The third kappa shape index (κ3) is 5.10. The zero-order valence-electron chi connectivity index (χ0n) is 19.9. The molecular formula is C24H28F3N5O2S. The minimum absolute atomic E-state index is 0.239. The molecule has 0 bridgehead atoms. The Kier molecular flexibility index (Phi) is 5.73. The fraction of sp³-hybridized carbons (Fsp3) is 0.542. The lowest BCUT2D eigenvalue weighted by molar-refractivity contribution is -0.137. The molecule has 1 aliphatic carbocycles. The zero-order valence-corrected chi connectivity index (χ0v) is 20.7. The number of hydrogen-bond acceptors (Lipinski definition) is 6. The average Bonchev–Trinajstić information content (AvgIpc) is 3.30. The number of rotatable bonds is 3. The summed E-state index contributed by atoms with van der Waals surface area (Å²) in [5.41, 5.74) is -0.0625. The van der Waals surface area contributed by atoms with Crippen molar-refractivity contribution in [2.75, 3.05) is 18.4 Å². The molecule has 3 aromatic rings. The van der Waals surface area contributed by atoms with Gasteiger partial charge in [-0.1, -0.05) is 23.5 Å². The van der Waals surface area contributed by atoms with Crippen LogP contribution in [0, 0.1) is 5.41 Å². The van der Waals surface area contributed by atoms with Gasteiger partial charge in [0.05, 0.1) is 17.5 Å². The molecule has 11 heteroatoms. The first-order chi connectivity index (χ1) is 16.4. The Morgan fingerprint density at radius 1 is 1.20 bits per heavy atom. The Labute approximate surface area is 205 Å². The highest BCUT2D eigenvalue weighted by molar-refractivity contribution is 7.20. The Hall–Kier alpha value is -2.82. The molecule has 0 unspecified atom stereocenters. The van der Waals surface area contributed by atoms with E-state index in [1.165, 1.54) is 17.4 Å². The number of ether oxygens (including phenoxy) is 1. The molecule has 1 saturated carbocycles. The van der Waals surface area contributed by atoms with Crippen molar-refractivity contribution in [2.45, 2.75) is 64.3 Å². The van der Waals surface area contributed by atoms with E-state index in [1.54, 1.807) is 21.7 Å². The highest BCUT2D eigenvalue weighted by atomic mass is 32.1. The van der Waals surface area contributed by atoms with Crippen LogP contribution in [-0.2, 0) is 10.9 Å². The monoisotopic (exact) mass is 507 g/mol. The van der Waals surface area contributed by atoms with Crippen molar-refractivity contribution in [3.05, 3.63) is 36.0 Å². The van der Waals surface area contributed by atoms with E-state index in [9.17, 15) is 18.0 Å². The smallest absolute Gasteiger partial charge is 0.416 e. The van der Waals surface area contributed by atoms with Crippen LogP contribution < -0.4 is 5.32 Å². The first kappa shape index (κ1) is 23.9. The molecule has 5 rings (SSSR count). The predicted octanol–water partition coefficient (Wildman–Crippen LogP) is 6.07. The molecule has 7 nitrogen and oxygen atoms in total. The van der Waals surface area contributed by atoms with Crippen molar-refractivity contribution in [2.24, 2.45) is 5.41 Å². The summed E-state index contributed by atoms with van der Waals surface area (Å²) in [5.74, 6) is 0. The van der Waals surface area contributed by atoms with Crippen LogP contribution >= 0.6 is 11.3 Å². The quantitative estimate of drug-likeness (QED) is 0.466. The van der Waals surface area contributed by atoms with Crippen LogP contribution in [0.25, 0.3) is 16.2 Å². The Balaban J connectivity index is 1.16. The standard InChI is InChI=1S/C24H28F3N5O2S/c1-22(2,3)34-21(33)31-9-7-23(8-10-31)12-17(13-23)28-19-30-32-14-18(29-20(32)35-19)15-5-4-6-16(11-15)24(25,26)27/h4-6,11,14,17H,7-10,12-13H2,1-3H3,(H,28,30). The number of nitrogens with one attached hydrogen (secondary N) is 1. The Morgan fingerprint density at radius 3 is 2.54 bits per heavy atom. The fourth-order valence-corrected chi connectivity index (χ4v) is 5.77. The summed E-state index contributed by atoms with van der Waals surface area (Å²) in [6.07, 6.45) is 0.990. The molecule has 0 radical (unpaired) electrons. The summed E-state index contributed by atoms with van der Waals surface area (Å²) in [5, 5.41) is 8.74. The number of amides is 1. The lowest BCUT2D eigenvalue weighted by atomic mass is 9.60. The van der Waals surface area contributed by atoms with Gasteiger partial charge in [0.2, 0.25) is 10.1 Å². The summed E-state index contributed by atoms with van der Waals surface area (Å²) in [6, 6.07) is 5.46. The summed E-state index contributed by atoms with van der Waals surface area (Å²) in [6.45, 7) is 7.05. The average molecular weight is 508 g/mol. The van der Waals surface area contributed by atoms with Crippen molar-refractivity contribution in [3.63, 3.8) is 0 Å². The maximum atomic E-state index is 13.0. The number of likely N-dealkylation sites (tertiary alicyclic amines) is 1. The van der Waals surface area contributed by atoms with Crippen molar-refractivity contribution in [1.82, 2.24) is 19.5 Å². The second-order valence-electron chi connectivity index (χ2n) is 10.6. The predicted molar refractivity (Wildman–Crippen MR) is 127 cm³/mol. The van der Waals surface area contributed by atoms with Crippen molar-refractivity contribution < 1.29 is 22.7 Å². The summed E-state index contributed by atoms with van der Waals surface area (Å²) in [4.78, 5) is 19.2. The number of alkyl halides is 3. The van der Waals surface area contributed by atoms with E-state index in [0.717, 1.165) is 42.9 Å². The van der Waals surface area contributed by atoms with Crippen LogP contribution in [0.4, 0.5) is 23.1 Å². The van der Waals surface area contributed by atoms with E-state index in [-0.39, 0.29) is 11.5 Å². The van der Waals surface area contributed by atoms with Crippen LogP contribution in [0.2, 0.25) is 0 Å². The third-order valence-electron chi connectivity index (χ3n) is 6.69. The van der Waals surface area contributed by atoms with Crippen molar-refractivity contribution in [1.29, 1.82) is 0 Å². The molecule has 3 heterocycles. The fourth-order valence-electron chi connectivity index (χ4n) is 4.91. The van der Waals surface area contributed by atoms with E-state index >= 15 is 0 Å². The molecule has 188 valence electrons. The van der Waals surface area contributed by atoms with Crippen LogP contribution in [0.1, 0.15) is 52.0 Å². The minimum Gasteiger partial charge on any atom is -0.444 e. The number of halogens is 3. The summed E-state index contributed by atoms with van der Waals surface area (Å²) < 4.78 is 46.2. The first-order valence-electron chi connectivity index (χ1n) is 11.7. The SMILES string of the molecule is CC(C)(C)OC(=O)N1CCC2(CC1)CC(Nc1nn3cc(-c4cccc(C(F)(F)F)c4)nc3s1)C2. The van der Waals surface area contributed by atoms with Gasteiger partial charge in [-0.3, -0.25) is 0 Å². The molecule has 1 aliphatic heterocycles. The summed E-state index contributed by atoms with van der Waals surface area (Å²) in [7, 11) is 0. The number of hydrogen-bond donors (Lipinski definition) is 1. The topological polar surface area (TPSA) is 71.8 Å². The van der Waals surface area contributed by atoms with Crippen LogP contribution in [-0.4, -0.2) is 50.3 Å². The van der Waals surface area contributed by atoms with Gasteiger partial charge < -0.3 is 15.0 Å². The van der Waals surface area contributed by atoms with Gasteiger partial charge >= 0.3 is 12.3 Å². The van der Waals surface area contributed by atoms with Gasteiger partial charge in [0.25, 0.3) is 0 Å². The number of aromatic nitrogens is 3. The van der Waals surface area contributed by atoms with E-state index in [0.29, 0.717) is 35.3 Å². The maximum Gasteiger partial charge on any atom is 0.416 e. The van der Waals surface area contributed by atoms with Gasteiger partial charge in [-0.25, -0.2) is 14.3 Å². The number of piperidine rings is 1. The molecule has 1 aromatic carbocycles. The molecule has 2 fully saturated rings. The number of anilines is 1. The van der Waals surface area contributed by atoms with Gasteiger partial charge in [0, 0.05) is 24.7 Å². The third-order valence-corrected chi connectivity index (χ3v) is 7.54. The molecule has 1 amide bonds. The zero-order chi connectivity index (χ0) is 25.0. The van der Waals surface area contributed by atoms with E-state index in [1.807, 2.05) is 20.8 Å². The minimum atomic E-state index is -4.39. The molecule has 1 saturated heterocycles. The molecule has 1 N–H and O–H groups in total. The van der Waals surface area contributed by atoms with Gasteiger partial charge in [-0.05, 0) is 64.0 Å². The van der Waals surface area contributed by atoms with Crippen molar-refractivity contribution in [3.8, 4) is 11.3 Å². The lowest BCUT2D eigenvalue weighted by Crippen LogP contribution is -2.53. The molecular weight excluding hydrogens is 479 g/mol. The lowest BCUT2D eigenvalue weighted by Gasteiger charge is -2.52. The highest BCUT2D eigenvalue weighted by Gasteiger charge is 2.47.